The van der Waals surface area contributed by atoms with Gasteiger partial charge in [0, 0.05) is 12.8 Å². The fourth-order valence-corrected chi connectivity index (χ4v) is 2.31. The summed E-state index contributed by atoms with van der Waals surface area (Å²) >= 11 is 0. The van der Waals surface area contributed by atoms with Crippen LogP contribution >= 0.6 is 0 Å². The van der Waals surface area contributed by atoms with Crippen molar-refractivity contribution in [3.05, 3.63) is 24.3 Å². The summed E-state index contributed by atoms with van der Waals surface area (Å²) in [6, 6.07) is 8.00. The summed E-state index contributed by atoms with van der Waals surface area (Å²) in [6.07, 6.45) is 2.15. The Bertz CT molecular complexity index is 422. The molecule has 154 valence electrons. The first-order chi connectivity index (χ1) is 11.3. The molecule has 6 heteroatoms. The number of quaternary nitrogens is 2. The van der Waals surface area contributed by atoms with Gasteiger partial charge in [-0.15, -0.1) is 0 Å². The largest absolute Gasteiger partial charge is 1.00 e. The third-order valence-corrected chi connectivity index (χ3v) is 4.89. The first kappa shape index (κ1) is 28.4. The molecule has 0 aliphatic rings. The van der Waals surface area contributed by atoms with Crippen molar-refractivity contribution in [3.8, 4) is 11.5 Å². The number of hydrogen-bond donors (Lipinski definition) is 0. The Morgan fingerprint density at radius 1 is 0.654 bits per heavy atom. The van der Waals surface area contributed by atoms with Gasteiger partial charge >= 0.3 is 0 Å². The Morgan fingerprint density at radius 2 is 0.962 bits per heavy atom. The topological polar surface area (TPSA) is 18.5 Å². The number of nitrogens with zero attached hydrogens (tertiary/aromatic N) is 2. The van der Waals surface area contributed by atoms with E-state index < -0.39 is 0 Å². The highest BCUT2D eigenvalue weighted by molar-refractivity contribution is 5.31. The van der Waals surface area contributed by atoms with E-state index >= 15 is 0 Å². The second-order valence-corrected chi connectivity index (χ2v) is 7.83. The van der Waals surface area contributed by atoms with E-state index in [1.54, 1.807) is 0 Å². The molecular weight excluding hydrogens is 554 g/mol. The van der Waals surface area contributed by atoms with Gasteiger partial charge in [-0.2, -0.15) is 0 Å². The lowest BCUT2D eigenvalue weighted by atomic mass is 10.3. The Morgan fingerprint density at radius 3 is 1.23 bits per heavy atom. The zero-order valence-electron chi connectivity index (χ0n) is 17.4. The maximum atomic E-state index is 5.82. The van der Waals surface area contributed by atoms with E-state index in [9.17, 15) is 0 Å². The first-order valence-electron chi connectivity index (χ1n) is 9.27. The second-order valence-electron chi connectivity index (χ2n) is 7.83. The van der Waals surface area contributed by atoms with Crippen LogP contribution in [0.3, 0.4) is 0 Å². The second kappa shape index (κ2) is 14.2. The van der Waals surface area contributed by atoms with Crippen molar-refractivity contribution < 1.29 is 66.4 Å². The molecule has 0 fully saturated rings. The van der Waals surface area contributed by atoms with E-state index in [2.05, 4.69) is 42.0 Å². The molecule has 0 radical (unpaired) electrons. The SMILES string of the molecule is CC[N+](C)(C)CCCOc1ccc(OCCC[N+](C)(C)CC)cc1.[I-].[I-]. The maximum absolute atomic E-state index is 5.82. The van der Waals surface area contributed by atoms with Gasteiger partial charge < -0.3 is 66.4 Å². The number of halogens is 2. The zero-order valence-corrected chi connectivity index (χ0v) is 21.7. The van der Waals surface area contributed by atoms with Gasteiger partial charge in [-0.1, -0.05) is 0 Å². The van der Waals surface area contributed by atoms with Gasteiger partial charge in [0.1, 0.15) is 11.5 Å². The summed E-state index contributed by atoms with van der Waals surface area (Å²) in [7, 11) is 9.03. The molecule has 1 rings (SSSR count). The molecule has 1 aromatic carbocycles. The van der Waals surface area contributed by atoms with Crippen LogP contribution in [0.1, 0.15) is 26.7 Å². The average molecular weight is 592 g/mol. The van der Waals surface area contributed by atoms with Crippen molar-refractivity contribution in [3.63, 3.8) is 0 Å². The van der Waals surface area contributed by atoms with Crippen LogP contribution in [0, 0.1) is 0 Å². The molecule has 0 spiro atoms. The lowest BCUT2D eigenvalue weighted by Gasteiger charge is -2.28. The van der Waals surface area contributed by atoms with E-state index in [0.29, 0.717) is 0 Å². The fraction of sp³-hybridized carbons (Fsp3) is 0.700. The Kier molecular flexibility index (Phi) is 15.6. The van der Waals surface area contributed by atoms with Gasteiger partial charge in [0.05, 0.1) is 67.6 Å². The molecule has 4 nitrogen and oxygen atoms in total. The Labute approximate surface area is 195 Å². The molecule has 0 aromatic heterocycles. The van der Waals surface area contributed by atoms with E-state index in [-0.39, 0.29) is 48.0 Å². The number of rotatable bonds is 12. The number of benzene rings is 1. The van der Waals surface area contributed by atoms with E-state index in [1.165, 1.54) is 0 Å². The molecule has 1 aromatic rings. The molecular formula is C20H38I2N2O2. The lowest BCUT2D eigenvalue weighted by molar-refractivity contribution is -0.888. The summed E-state index contributed by atoms with van der Waals surface area (Å²) in [6.45, 7) is 10.6. The van der Waals surface area contributed by atoms with Gasteiger partial charge in [0.25, 0.3) is 0 Å². The Balaban J connectivity index is 0. The van der Waals surface area contributed by atoms with Crippen molar-refractivity contribution in [2.45, 2.75) is 26.7 Å². The number of ether oxygens (including phenoxy) is 2. The minimum absolute atomic E-state index is 0. The molecule has 0 aliphatic heterocycles. The minimum atomic E-state index is 0. The number of hydrogen-bond acceptors (Lipinski definition) is 2. The summed E-state index contributed by atoms with van der Waals surface area (Å²) in [5.41, 5.74) is 0. The van der Waals surface area contributed by atoms with Crippen molar-refractivity contribution in [2.24, 2.45) is 0 Å². The summed E-state index contributed by atoms with van der Waals surface area (Å²) in [5, 5.41) is 0. The van der Waals surface area contributed by atoms with Gasteiger partial charge in [0.15, 0.2) is 0 Å². The van der Waals surface area contributed by atoms with E-state index in [4.69, 9.17) is 9.47 Å². The van der Waals surface area contributed by atoms with Gasteiger partial charge in [-0.25, -0.2) is 0 Å². The molecule has 0 saturated heterocycles. The molecule has 26 heavy (non-hydrogen) atoms. The maximum Gasteiger partial charge on any atom is 0.119 e. The van der Waals surface area contributed by atoms with Crippen LogP contribution in [0.2, 0.25) is 0 Å². The van der Waals surface area contributed by atoms with Crippen molar-refractivity contribution in [2.75, 3.05) is 67.6 Å². The quantitative estimate of drug-likeness (QED) is 0.151. The van der Waals surface area contributed by atoms with Crippen LogP contribution < -0.4 is 57.4 Å². The Hall–Kier alpha value is 0.200. The molecule has 0 unspecified atom stereocenters. The molecule has 0 saturated carbocycles. The van der Waals surface area contributed by atoms with Gasteiger partial charge in [0.2, 0.25) is 0 Å². The molecule has 0 N–H and O–H groups in total. The van der Waals surface area contributed by atoms with Crippen LogP contribution in [0.15, 0.2) is 24.3 Å². The molecule has 0 aliphatic carbocycles. The standard InChI is InChI=1S/C20H38N2O2.2HI/c1-7-21(3,4)15-9-17-23-19-11-13-20(14-12-19)24-18-10-16-22(5,6)8-2;;/h11-14H,7-10,15-18H2,1-6H3;2*1H/q+2;;/p-2. The minimum Gasteiger partial charge on any atom is -1.00 e. The first-order valence-corrected chi connectivity index (χ1v) is 9.27. The van der Waals surface area contributed by atoms with Gasteiger partial charge in [-0.05, 0) is 38.1 Å². The monoisotopic (exact) mass is 592 g/mol. The van der Waals surface area contributed by atoms with Crippen LogP contribution in [0.5, 0.6) is 11.5 Å². The van der Waals surface area contributed by atoms with Crippen LogP contribution in [-0.4, -0.2) is 76.5 Å². The van der Waals surface area contributed by atoms with Crippen molar-refractivity contribution in [1.82, 2.24) is 0 Å². The van der Waals surface area contributed by atoms with Crippen LogP contribution in [-0.2, 0) is 0 Å². The normalized spacial score (nSPS) is 11.3. The van der Waals surface area contributed by atoms with Gasteiger partial charge in [-0.3, -0.25) is 0 Å². The third kappa shape index (κ3) is 12.6. The zero-order chi connectivity index (χ0) is 18.1. The molecule has 0 atom stereocenters. The van der Waals surface area contributed by atoms with Crippen molar-refractivity contribution in [1.29, 1.82) is 0 Å². The highest BCUT2D eigenvalue weighted by atomic mass is 127. The molecule has 0 heterocycles. The summed E-state index contributed by atoms with van der Waals surface area (Å²) < 4.78 is 13.7. The molecule has 0 amide bonds. The summed E-state index contributed by atoms with van der Waals surface area (Å²) in [4.78, 5) is 0. The third-order valence-electron chi connectivity index (χ3n) is 4.89. The summed E-state index contributed by atoms with van der Waals surface area (Å²) in [5.74, 6) is 1.85. The lowest BCUT2D eigenvalue weighted by Crippen LogP contribution is -3.00. The van der Waals surface area contributed by atoms with Crippen molar-refractivity contribution >= 4 is 0 Å². The van der Waals surface area contributed by atoms with E-state index in [1.807, 2.05) is 24.3 Å². The fourth-order valence-electron chi connectivity index (χ4n) is 2.31. The van der Waals surface area contributed by atoms with Crippen LogP contribution in [0.4, 0.5) is 0 Å². The smallest absolute Gasteiger partial charge is 0.119 e. The predicted octanol–water partition coefficient (Wildman–Crippen LogP) is -2.57. The highest BCUT2D eigenvalue weighted by Gasteiger charge is 2.11. The molecule has 0 bridgehead atoms. The van der Waals surface area contributed by atoms with E-state index in [0.717, 1.165) is 72.7 Å². The average Bonchev–Trinajstić information content (AvgIpc) is 2.57. The van der Waals surface area contributed by atoms with Crippen LogP contribution in [0.25, 0.3) is 0 Å². The predicted molar refractivity (Wildman–Crippen MR) is 102 cm³/mol. The highest BCUT2D eigenvalue weighted by Crippen LogP contribution is 2.18.